The van der Waals surface area contributed by atoms with Crippen molar-refractivity contribution >= 4 is 19.7 Å². The van der Waals surface area contributed by atoms with E-state index in [9.17, 15) is 0 Å². The average Bonchev–Trinajstić information content (AvgIpc) is 1.38. The summed E-state index contributed by atoms with van der Waals surface area (Å²) in [4.78, 5) is 0. The van der Waals surface area contributed by atoms with E-state index >= 15 is 0 Å². The van der Waals surface area contributed by atoms with Crippen molar-refractivity contribution in [2.75, 3.05) is 0 Å². The average molecular weight is 90.3 g/mol. The molecule has 0 saturated heterocycles. The Balaban J connectivity index is 2.54. The minimum atomic E-state index is -0.366. The summed E-state index contributed by atoms with van der Waals surface area (Å²) in [5.41, 5.74) is -0.366. The van der Waals surface area contributed by atoms with Crippen molar-refractivity contribution in [3.05, 3.63) is 0 Å². The highest BCUT2D eigenvalue weighted by Crippen LogP contribution is 1.88. The largest absolute Gasteiger partial charge is 0.433 e. The summed E-state index contributed by atoms with van der Waals surface area (Å²) in [7, 11) is 4.54. The molecule has 0 aliphatic carbocycles. The van der Waals surface area contributed by atoms with Crippen LogP contribution in [0.15, 0.2) is 0 Å². The van der Waals surface area contributed by atoms with Gasteiger partial charge in [-0.3, -0.25) is 0 Å². The van der Waals surface area contributed by atoms with E-state index < -0.39 is 0 Å². The molecular weight excluding hydrogens is 86.3 g/mol. The van der Waals surface area contributed by atoms with E-state index in [0.717, 1.165) is 0 Å². The van der Waals surface area contributed by atoms with Gasteiger partial charge in [0.05, 0.1) is 0 Å². The van der Waals surface area contributed by atoms with E-state index in [2.05, 4.69) is 12.7 Å². The summed E-state index contributed by atoms with van der Waals surface area (Å²) in [5.74, 6) is 0. The molecule has 0 saturated carbocycles. The molecule has 1 unspecified atom stereocenters. The minimum absolute atomic E-state index is 0.366. The first kappa shape index (κ1) is 5.31. The molecule has 28 valence electrons. The van der Waals surface area contributed by atoms with Crippen LogP contribution < -0.4 is 0 Å². The molecule has 0 aromatic carbocycles. The quantitative estimate of drug-likeness (QED) is 0.340. The van der Waals surface area contributed by atoms with Gasteiger partial charge in [0, 0.05) is 0 Å². The Morgan fingerprint density at radius 3 is 2.20 bits per heavy atom. The summed E-state index contributed by atoms with van der Waals surface area (Å²) in [6, 6.07) is 0. The van der Waals surface area contributed by atoms with Gasteiger partial charge in [-0.25, -0.2) is 0 Å². The SMILES string of the molecule is [B]OC(C)Cl. The molecule has 2 radical (unpaired) electrons. The first-order valence-electron chi connectivity index (χ1n) is 1.27. The number of alkyl halides is 1. The van der Waals surface area contributed by atoms with Crippen molar-refractivity contribution in [1.29, 1.82) is 0 Å². The Morgan fingerprint density at radius 2 is 2.20 bits per heavy atom. The second-order valence-corrected chi connectivity index (χ2v) is 1.29. The third-order valence-corrected chi connectivity index (χ3v) is 0.290. The molecule has 3 heteroatoms. The molecule has 0 amide bonds. The Bertz CT molecular complexity index is 23.6. The molecular formula is C2H4BClO. The van der Waals surface area contributed by atoms with Crippen LogP contribution in [0.4, 0.5) is 0 Å². The third-order valence-electron chi connectivity index (χ3n) is 0.188. The molecule has 5 heavy (non-hydrogen) atoms. The molecule has 0 rings (SSSR count). The fraction of sp³-hybridized carbons (Fsp3) is 1.00. The van der Waals surface area contributed by atoms with E-state index in [-0.39, 0.29) is 5.56 Å². The van der Waals surface area contributed by atoms with Crippen molar-refractivity contribution in [2.45, 2.75) is 12.5 Å². The monoisotopic (exact) mass is 90.0 g/mol. The van der Waals surface area contributed by atoms with E-state index in [1.165, 1.54) is 0 Å². The fourth-order valence-electron chi connectivity index (χ4n) is 0. The van der Waals surface area contributed by atoms with E-state index in [0.29, 0.717) is 0 Å². The maximum Gasteiger partial charge on any atom is 0.284 e. The Morgan fingerprint density at radius 1 is 2.00 bits per heavy atom. The van der Waals surface area contributed by atoms with Crippen molar-refractivity contribution in [3.63, 3.8) is 0 Å². The van der Waals surface area contributed by atoms with Crippen molar-refractivity contribution < 1.29 is 4.65 Å². The lowest BCUT2D eigenvalue weighted by Gasteiger charge is -1.92. The summed E-state index contributed by atoms with van der Waals surface area (Å²) in [6.45, 7) is 1.64. The van der Waals surface area contributed by atoms with Gasteiger partial charge in [0.1, 0.15) is 5.56 Å². The van der Waals surface area contributed by atoms with Gasteiger partial charge >= 0.3 is 0 Å². The van der Waals surface area contributed by atoms with Gasteiger partial charge < -0.3 is 4.65 Å². The smallest absolute Gasteiger partial charge is 0.284 e. The minimum Gasteiger partial charge on any atom is -0.433 e. The summed E-state index contributed by atoms with van der Waals surface area (Å²) < 4.78 is 4.02. The van der Waals surface area contributed by atoms with Gasteiger partial charge in [-0.1, -0.05) is 11.6 Å². The molecule has 0 heterocycles. The Labute approximate surface area is 37.7 Å². The van der Waals surface area contributed by atoms with E-state index in [1.54, 1.807) is 6.92 Å². The molecule has 0 aromatic heterocycles. The van der Waals surface area contributed by atoms with Crippen molar-refractivity contribution in [3.8, 4) is 0 Å². The van der Waals surface area contributed by atoms with Crippen LogP contribution in [0.2, 0.25) is 0 Å². The first-order chi connectivity index (χ1) is 2.27. The lowest BCUT2D eigenvalue weighted by molar-refractivity contribution is 0.332. The van der Waals surface area contributed by atoms with Crippen LogP contribution >= 0.6 is 11.6 Å². The Hall–Kier alpha value is 0.315. The first-order valence-corrected chi connectivity index (χ1v) is 1.70. The maximum atomic E-state index is 5.11. The predicted octanol–water partition coefficient (Wildman–Crippen LogP) is 0.671. The summed E-state index contributed by atoms with van der Waals surface area (Å²) in [6.07, 6.45) is 0. The van der Waals surface area contributed by atoms with Crippen LogP contribution in [0, 0.1) is 0 Å². The van der Waals surface area contributed by atoms with Crippen LogP contribution in [0.25, 0.3) is 0 Å². The second-order valence-electron chi connectivity index (χ2n) is 0.679. The summed E-state index contributed by atoms with van der Waals surface area (Å²) in [5, 5.41) is 0. The zero-order valence-electron chi connectivity index (χ0n) is 2.94. The molecule has 0 aliphatic rings. The molecule has 0 N–H and O–H groups in total. The van der Waals surface area contributed by atoms with Gasteiger partial charge in [-0.2, -0.15) is 0 Å². The highest BCUT2D eigenvalue weighted by Gasteiger charge is 1.81. The van der Waals surface area contributed by atoms with Gasteiger partial charge in [0.15, 0.2) is 0 Å². The number of hydrogen-bond donors (Lipinski definition) is 0. The van der Waals surface area contributed by atoms with Crippen LogP contribution in [-0.2, 0) is 4.65 Å². The van der Waals surface area contributed by atoms with Crippen molar-refractivity contribution in [2.24, 2.45) is 0 Å². The Kier molecular flexibility index (Phi) is 2.71. The molecule has 1 nitrogen and oxygen atoms in total. The third kappa shape index (κ3) is 4.31. The molecule has 0 aromatic rings. The van der Waals surface area contributed by atoms with E-state index in [4.69, 9.17) is 11.6 Å². The molecule has 0 bridgehead atoms. The zero-order chi connectivity index (χ0) is 4.28. The van der Waals surface area contributed by atoms with Gasteiger partial charge in [0.25, 0.3) is 8.05 Å². The fourth-order valence-corrected chi connectivity index (χ4v) is 0. The van der Waals surface area contributed by atoms with Crippen LogP contribution in [0.3, 0.4) is 0 Å². The number of halogens is 1. The van der Waals surface area contributed by atoms with Gasteiger partial charge in [-0.05, 0) is 6.92 Å². The topological polar surface area (TPSA) is 9.23 Å². The highest BCUT2D eigenvalue weighted by atomic mass is 35.5. The maximum absolute atomic E-state index is 5.11. The van der Waals surface area contributed by atoms with Crippen LogP contribution in [-0.4, -0.2) is 13.6 Å². The molecule has 0 fully saturated rings. The standard InChI is InChI=1S/C2H4BClO/c1-2(4)5-3/h2H,1H3. The van der Waals surface area contributed by atoms with Gasteiger partial charge in [0.2, 0.25) is 0 Å². The highest BCUT2D eigenvalue weighted by molar-refractivity contribution is 6.20. The van der Waals surface area contributed by atoms with Crippen LogP contribution in [0.5, 0.6) is 0 Å². The lowest BCUT2D eigenvalue weighted by atomic mass is 10.6. The van der Waals surface area contributed by atoms with Crippen LogP contribution in [0.1, 0.15) is 6.92 Å². The normalized spacial score (nSPS) is 14.8. The molecule has 1 atom stereocenters. The second kappa shape index (κ2) is 2.55. The zero-order valence-corrected chi connectivity index (χ0v) is 3.70. The lowest BCUT2D eigenvalue weighted by Crippen LogP contribution is -1.91. The van der Waals surface area contributed by atoms with Gasteiger partial charge in [-0.15, -0.1) is 0 Å². The number of rotatable bonds is 1. The molecule has 0 spiro atoms. The summed E-state index contributed by atoms with van der Waals surface area (Å²) >= 11 is 5.11. The van der Waals surface area contributed by atoms with Crippen molar-refractivity contribution in [1.82, 2.24) is 0 Å². The molecule has 0 aliphatic heterocycles. The van der Waals surface area contributed by atoms with E-state index in [1.807, 2.05) is 0 Å². The predicted molar refractivity (Wildman–Crippen MR) is 22.2 cm³/mol. The number of hydrogen-bond acceptors (Lipinski definition) is 1.